The van der Waals surface area contributed by atoms with Crippen molar-refractivity contribution in [2.75, 3.05) is 19.0 Å². The summed E-state index contributed by atoms with van der Waals surface area (Å²) in [4.78, 5) is 28.2. The Bertz CT molecular complexity index is 868. The quantitative estimate of drug-likeness (QED) is 0.526. The largest absolute Gasteiger partial charge is 0.497 e. The fourth-order valence-corrected chi connectivity index (χ4v) is 2.72. The molecule has 2 heterocycles. The van der Waals surface area contributed by atoms with Crippen molar-refractivity contribution in [1.29, 1.82) is 0 Å². The van der Waals surface area contributed by atoms with Crippen molar-refractivity contribution < 1.29 is 29.6 Å². The van der Waals surface area contributed by atoms with Gasteiger partial charge in [-0.25, -0.2) is 4.79 Å². The summed E-state index contributed by atoms with van der Waals surface area (Å²) in [6, 6.07) is 7.74. The van der Waals surface area contributed by atoms with E-state index in [4.69, 9.17) is 14.6 Å². The molecule has 27 heavy (non-hydrogen) atoms. The van der Waals surface area contributed by atoms with Crippen LogP contribution in [0.5, 0.6) is 5.75 Å². The molecule has 10 nitrogen and oxygen atoms in total. The minimum absolute atomic E-state index is 0.0174. The zero-order chi connectivity index (χ0) is 19.6. The number of carbonyl (C=O) groups is 1. The number of aromatic nitrogens is 2. The average molecular weight is 377 g/mol. The third-order valence-corrected chi connectivity index (χ3v) is 4.22. The summed E-state index contributed by atoms with van der Waals surface area (Å²) in [5, 5.41) is 31.4. The van der Waals surface area contributed by atoms with Crippen LogP contribution in [0.25, 0.3) is 0 Å². The lowest BCUT2D eigenvalue weighted by Gasteiger charge is -2.17. The van der Waals surface area contributed by atoms with E-state index in [1.54, 1.807) is 24.3 Å². The first-order chi connectivity index (χ1) is 12.9. The number of carbonyl (C=O) groups excluding carboxylic acids is 1. The van der Waals surface area contributed by atoms with Gasteiger partial charge in [0.15, 0.2) is 6.23 Å². The van der Waals surface area contributed by atoms with Gasteiger partial charge in [0.05, 0.1) is 13.7 Å². The number of benzene rings is 1. The zero-order valence-corrected chi connectivity index (χ0v) is 14.3. The standard InChI is InChI=1S/C17H19N3O7/c1-26-10-4-2-9(3-5-10)15(24)18-12-6-7-20(17(25)19-12)16-14(23)13(22)11(8-21)27-16/h2-7,11,13-14,16,21-23H,8H2,1H3,(H,18,19,24,25)/t11-,13+,14-,16+/m0/s1. The van der Waals surface area contributed by atoms with Crippen LogP contribution in [0.4, 0.5) is 5.82 Å². The van der Waals surface area contributed by atoms with Crippen LogP contribution in [0.3, 0.4) is 0 Å². The van der Waals surface area contributed by atoms with E-state index < -0.39 is 42.7 Å². The Balaban J connectivity index is 1.75. The Morgan fingerprint density at radius 1 is 1.26 bits per heavy atom. The smallest absolute Gasteiger partial charge is 0.351 e. The third-order valence-electron chi connectivity index (χ3n) is 4.22. The number of nitrogens with one attached hydrogen (secondary N) is 1. The van der Waals surface area contributed by atoms with E-state index in [1.165, 1.54) is 19.4 Å². The van der Waals surface area contributed by atoms with Crippen molar-refractivity contribution in [2.45, 2.75) is 24.5 Å². The Labute approximate surface area is 153 Å². The van der Waals surface area contributed by atoms with Gasteiger partial charge in [-0.2, -0.15) is 4.98 Å². The average Bonchev–Trinajstić information content (AvgIpc) is 2.96. The molecule has 1 aliphatic heterocycles. The molecule has 1 fully saturated rings. The number of nitrogens with zero attached hydrogens (tertiary/aromatic N) is 2. The molecule has 4 atom stereocenters. The van der Waals surface area contributed by atoms with Crippen molar-refractivity contribution in [1.82, 2.24) is 9.55 Å². The number of anilines is 1. The van der Waals surface area contributed by atoms with E-state index >= 15 is 0 Å². The van der Waals surface area contributed by atoms with Crippen LogP contribution in [-0.2, 0) is 4.74 Å². The van der Waals surface area contributed by atoms with Crippen molar-refractivity contribution in [2.24, 2.45) is 0 Å². The molecule has 10 heteroatoms. The highest BCUT2D eigenvalue weighted by atomic mass is 16.6. The molecule has 0 radical (unpaired) electrons. The number of methoxy groups -OCH3 is 1. The summed E-state index contributed by atoms with van der Waals surface area (Å²) in [5.41, 5.74) is -0.442. The molecule has 0 bridgehead atoms. The first kappa shape index (κ1) is 19.0. The molecule has 1 aromatic heterocycles. The minimum Gasteiger partial charge on any atom is -0.497 e. The number of ether oxygens (including phenoxy) is 2. The first-order valence-corrected chi connectivity index (χ1v) is 8.11. The van der Waals surface area contributed by atoms with Gasteiger partial charge in [-0.15, -0.1) is 0 Å². The maximum atomic E-state index is 12.2. The Hall–Kier alpha value is -2.79. The minimum atomic E-state index is -1.40. The molecular weight excluding hydrogens is 358 g/mol. The van der Waals surface area contributed by atoms with Crippen molar-refractivity contribution in [3.63, 3.8) is 0 Å². The Morgan fingerprint density at radius 3 is 2.52 bits per heavy atom. The second kappa shape index (κ2) is 7.84. The van der Waals surface area contributed by atoms with Crippen molar-refractivity contribution in [3.05, 3.63) is 52.6 Å². The van der Waals surface area contributed by atoms with Gasteiger partial charge in [0.25, 0.3) is 5.91 Å². The predicted octanol–water partition coefficient (Wildman–Crippen LogP) is -0.884. The fraction of sp³-hybridized carbons (Fsp3) is 0.353. The molecule has 144 valence electrons. The van der Waals surface area contributed by atoms with Crippen LogP contribution in [-0.4, -0.2) is 62.8 Å². The number of amides is 1. The van der Waals surface area contributed by atoms with Gasteiger partial charge in [0, 0.05) is 11.8 Å². The van der Waals surface area contributed by atoms with Crippen LogP contribution in [0.15, 0.2) is 41.3 Å². The highest BCUT2D eigenvalue weighted by molar-refractivity contribution is 6.03. The van der Waals surface area contributed by atoms with Crippen LogP contribution >= 0.6 is 0 Å². The normalized spacial score (nSPS) is 24.6. The number of hydrogen-bond acceptors (Lipinski definition) is 8. The van der Waals surface area contributed by atoms with E-state index in [2.05, 4.69) is 10.3 Å². The Morgan fingerprint density at radius 2 is 1.96 bits per heavy atom. The summed E-state index contributed by atoms with van der Waals surface area (Å²) in [6.07, 6.45) is -3.66. The molecule has 0 aliphatic carbocycles. The maximum Gasteiger partial charge on any atom is 0.351 e. The lowest BCUT2D eigenvalue weighted by Crippen LogP contribution is -2.36. The lowest BCUT2D eigenvalue weighted by atomic mass is 10.1. The predicted molar refractivity (Wildman–Crippen MR) is 92.5 cm³/mol. The number of aliphatic hydroxyl groups excluding tert-OH is 3. The van der Waals surface area contributed by atoms with Gasteiger partial charge in [0.2, 0.25) is 0 Å². The highest BCUT2D eigenvalue weighted by Crippen LogP contribution is 2.28. The van der Waals surface area contributed by atoms with Gasteiger partial charge in [-0.05, 0) is 30.3 Å². The van der Waals surface area contributed by atoms with Gasteiger partial charge in [0.1, 0.15) is 29.9 Å². The molecule has 4 N–H and O–H groups in total. The van der Waals surface area contributed by atoms with Gasteiger partial charge in [-0.3, -0.25) is 9.36 Å². The fourth-order valence-electron chi connectivity index (χ4n) is 2.72. The topological polar surface area (TPSA) is 143 Å². The van der Waals surface area contributed by atoms with Gasteiger partial charge >= 0.3 is 5.69 Å². The summed E-state index contributed by atoms with van der Waals surface area (Å²) >= 11 is 0. The SMILES string of the molecule is COc1ccc(C(=O)Nc2ccn([C@@H]3O[C@@H](CO)[C@@H](O)[C@@H]3O)c(=O)n2)cc1. The van der Waals surface area contributed by atoms with Gasteiger partial charge in [-0.1, -0.05) is 0 Å². The molecule has 3 rings (SSSR count). The van der Waals surface area contributed by atoms with Crippen molar-refractivity contribution >= 4 is 11.7 Å². The van der Waals surface area contributed by atoms with Crippen LogP contribution < -0.4 is 15.7 Å². The molecule has 1 aliphatic rings. The Kier molecular flexibility index (Phi) is 5.51. The molecular formula is C17H19N3O7. The second-order valence-electron chi connectivity index (χ2n) is 5.91. The second-order valence-corrected chi connectivity index (χ2v) is 5.91. The summed E-state index contributed by atoms with van der Waals surface area (Å²) < 4.78 is 11.3. The third kappa shape index (κ3) is 3.83. The number of rotatable bonds is 5. The first-order valence-electron chi connectivity index (χ1n) is 8.11. The van der Waals surface area contributed by atoms with E-state index in [9.17, 15) is 19.8 Å². The summed E-state index contributed by atoms with van der Waals surface area (Å²) in [7, 11) is 1.51. The summed E-state index contributed by atoms with van der Waals surface area (Å²) in [6.45, 7) is -0.507. The number of hydrogen-bond donors (Lipinski definition) is 4. The number of aliphatic hydroxyl groups is 3. The van der Waals surface area contributed by atoms with Gasteiger partial charge < -0.3 is 30.1 Å². The highest BCUT2D eigenvalue weighted by Gasteiger charge is 2.43. The van der Waals surface area contributed by atoms with Crippen molar-refractivity contribution in [3.8, 4) is 5.75 Å². The van der Waals surface area contributed by atoms with E-state index in [0.717, 1.165) is 4.57 Å². The van der Waals surface area contributed by atoms with E-state index in [-0.39, 0.29) is 5.82 Å². The molecule has 1 aromatic carbocycles. The molecule has 2 aromatic rings. The van der Waals surface area contributed by atoms with Crippen LogP contribution in [0.2, 0.25) is 0 Å². The molecule has 1 amide bonds. The van der Waals surface area contributed by atoms with E-state index in [1.807, 2.05) is 0 Å². The van der Waals surface area contributed by atoms with Crippen LogP contribution in [0, 0.1) is 0 Å². The lowest BCUT2D eigenvalue weighted by molar-refractivity contribution is -0.0549. The maximum absolute atomic E-state index is 12.2. The molecule has 0 spiro atoms. The summed E-state index contributed by atoms with van der Waals surface area (Å²) in [5.74, 6) is 0.157. The molecule has 1 saturated heterocycles. The molecule has 0 saturated carbocycles. The monoisotopic (exact) mass is 377 g/mol. The molecule has 0 unspecified atom stereocenters. The van der Waals surface area contributed by atoms with Crippen LogP contribution in [0.1, 0.15) is 16.6 Å². The van der Waals surface area contributed by atoms with E-state index in [0.29, 0.717) is 11.3 Å². The zero-order valence-electron chi connectivity index (χ0n) is 14.3.